The molecule has 0 aromatic carbocycles. The summed E-state index contributed by atoms with van der Waals surface area (Å²) in [5.74, 6) is 0. The lowest BCUT2D eigenvalue weighted by Gasteiger charge is -2.05. The molecule has 0 saturated heterocycles. The van der Waals surface area contributed by atoms with E-state index >= 15 is 0 Å². The second-order valence-electron chi connectivity index (χ2n) is 3.73. The van der Waals surface area contributed by atoms with Crippen molar-refractivity contribution < 1.29 is 5.11 Å². The number of hydrogen-bond donors (Lipinski definition) is 6. The van der Waals surface area contributed by atoms with Crippen molar-refractivity contribution in [1.82, 2.24) is 10.6 Å². The molecule has 0 rings (SSSR count). The number of aliphatic hydroxyl groups is 1. The third-order valence-electron chi connectivity index (χ3n) is 1.12. The molecular weight excluding hydrogens is 194 g/mol. The van der Waals surface area contributed by atoms with E-state index in [1.165, 1.54) is 13.8 Å². The molecule has 6 nitrogen and oxygen atoms in total. The Morgan fingerprint density at radius 2 is 1.20 bits per heavy atom. The van der Waals surface area contributed by atoms with Crippen LogP contribution >= 0.6 is 0 Å². The van der Waals surface area contributed by atoms with Gasteiger partial charge in [-0.25, -0.2) is 0 Å². The van der Waals surface area contributed by atoms with Gasteiger partial charge in [0, 0.05) is 39.3 Å². The molecule has 0 aromatic rings. The van der Waals surface area contributed by atoms with E-state index < -0.39 is 5.72 Å². The molecule has 0 heterocycles. The normalized spacial score (nSPS) is 10.8. The highest BCUT2D eigenvalue weighted by Gasteiger charge is 1.98. The summed E-state index contributed by atoms with van der Waals surface area (Å²) in [7, 11) is 0. The molecule has 0 unspecified atom stereocenters. The van der Waals surface area contributed by atoms with E-state index in [1.807, 2.05) is 0 Å². The Morgan fingerprint density at radius 3 is 1.40 bits per heavy atom. The molecular formula is C9H27N5O. The molecule has 0 aromatic heterocycles. The van der Waals surface area contributed by atoms with Gasteiger partial charge in [-0.05, 0) is 13.8 Å². The third-order valence-corrected chi connectivity index (χ3v) is 1.12. The van der Waals surface area contributed by atoms with Crippen LogP contribution in [0.3, 0.4) is 0 Å². The van der Waals surface area contributed by atoms with Crippen molar-refractivity contribution in [3.63, 3.8) is 0 Å². The van der Waals surface area contributed by atoms with E-state index in [2.05, 4.69) is 10.6 Å². The van der Waals surface area contributed by atoms with Gasteiger partial charge in [-0.15, -0.1) is 0 Å². The Bertz CT molecular complexity index is 102. The molecule has 0 spiro atoms. The lowest BCUT2D eigenvalue weighted by molar-refractivity contribution is 0.0881. The first-order valence-electron chi connectivity index (χ1n) is 5.24. The molecule has 0 aliphatic heterocycles. The van der Waals surface area contributed by atoms with Gasteiger partial charge in [-0.2, -0.15) is 0 Å². The number of hydrogen-bond acceptors (Lipinski definition) is 6. The summed E-state index contributed by atoms with van der Waals surface area (Å²) < 4.78 is 0. The van der Waals surface area contributed by atoms with Gasteiger partial charge in [0.25, 0.3) is 0 Å². The molecule has 15 heavy (non-hydrogen) atoms. The lowest BCUT2D eigenvalue weighted by Crippen LogP contribution is -2.32. The Kier molecular flexibility index (Phi) is 13.5. The number of rotatable bonds is 7. The number of nitrogens with one attached hydrogen (secondary N) is 2. The largest absolute Gasteiger partial charge is 0.377 e. The Hall–Kier alpha value is -0.240. The van der Waals surface area contributed by atoms with Crippen molar-refractivity contribution >= 4 is 0 Å². The standard InChI is InChI=1S/C6H18N4.C3H9NO/c7-1-3-9-5-6-10-4-2-8;1-3(2,4)5/h9-10H,1-8H2;5H,4H2,1-2H3. The monoisotopic (exact) mass is 221 g/mol. The maximum Gasteiger partial charge on any atom is 0.107 e. The van der Waals surface area contributed by atoms with Crippen LogP contribution in [-0.4, -0.2) is 50.1 Å². The van der Waals surface area contributed by atoms with Crippen molar-refractivity contribution in [1.29, 1.82) is 0 Å². The van der Waals surface area contributed by atoms with E-state index in [4.69, 9.17) is 22.3 Å². The van der Waals surface area contributed by atoms with Crippen LogP contribution in [0.1, 0.15) is 13.8 Å². The first-order chi connectivity index (χ1) is 6.91. The molecule has 0 radical (unpaired) electrons. The van der Waals surface area contributed by atoms with E-state index in [9.17, 15) is 0 Å². The van der Waals surface area contributed by atoms with Gasteiger partial charge in [0.2, 0.25) is 0 Å². The van der Waals surface area contributed by atoms with Gasteiger partial charge in [-0.1, -0.05) is 0 Å². The summed E-state index contributed by atoms with van der Waals surface area (Å²) in [5, 5.41) is 14.6. The van der Waals surface area contributed by atoms with E-state index in [-0.39, 0.29) is 0 Å². The van der Waals surface area contributed by atoms with Crippen molar-refractivity contribution in [3.05, 3.63) is 0 Å². The van der Waals surface area contributed by atoms with Crippen LogP contribution in [0.5, 0.6) is 0 Å². The smallest absolute Gasteiger partial charge is 0.107 e. The third kappa shape index (κ3) is 41.6. The summed E-state index contributed by atoms with van der Waals surface area (Å²) in [5.41, 5.74) is 14.4. The fraction of sp³-hybridized carbons (Fsp3) is 1.00. The van der Waals surface area contributed by atoms with Crippen LogP contribution in [0.2, 0.25) is 0 Å². The fourth-order valence-corrected chi connectivity index (χ4v) is 0.631. The van der Waals surface area contributed by atoms with Crippen LogP contribution in [0, 0.1) is 0 Å². The topological polar surface area (TPSA) is 122 Å². The zero-order valence-electron chi connectivity index (χ0n) is 9.92. The molecule has 0 fully saturated rings. The average molecular weight is 221 g/mol. The van der Waals surface area contributed by atoms with Crippen molar-refractivity contribution in [2.24, 2.45) is 17.2 Å². The second kappa shape index (κ2) is 11.8. The molecule has 0 aliphatic carbocycles. The zero-order chi connectivity index (χ0) is 12.2. The van der Waals surface area contributed by atoms with Gasteiger partial charge in [0.1, 0.15) is 5.72 Å². The molecule has 94 valence electrons. The summed E-state index contributed by atoms with van der Waals surface area (Å²) >= 11 is 0. The Labute approximate surface area is 92.6 Å². The minimum absolute atomic E-state index is 0.705. The fourth-order valence-electron chi connectivity index (χ4n) is 0.631. The maximum absolute atomic E-state index is 8.30. The van der Waals surface area contributed by atoms with Crippen LogP contribution in [-0.2, 0) is 0 Å². The van der Waals surface area contributed by atoms with Gasteiger partial charge in [0.05, 0.1) is 0 Å². The molecule has 0 atom stereocenters. The summed E-state index contributed by atoms with van der Waals surface area (Å²) in [6.45, 7) is 8.18. The summed E-state index contributed by atoms with van der Waals surface area (Å²) in [6.07, 6.45) is 0. The van der Waals surface area contributed by atoms with E-state index in [0.29, 0.717) is 13.1 Å². The first-order valence-corrected chi connectivity index (χ1v) is 5.24. The van der Waals surface area contributed by atoms with E-state index in [0.717, 1.165) is 26.2 Å². The van der Waals surface area contributed by atoms with Crippen LogP contribution in [0.4, 0.5) is 0 Å². The molecule has 9 N–H and O–H groups in total. The SMILES string of the molecule is CC(C)(N)O.NCCNCCNCCN. The molecule has 0 aliphatic rings. The Morgan fingerprint density at radius 1 is 0.933 bits per heavy atom. The minimum atomic E-state index is -1.00. The quantitative estimate of drug-likeness (QED) is 0.213. The first kappa shape index (κ1) is 17.2. The summed E-state index contributed by atoms with van der Waals surface area (Å²) in [4.78, 5) is 0. The Balaban J connectivity index is 0. The summed E-state index contributed by atoms with van der Waals surface area (Å²) in [6, 6.07) is 0. The highest BCUT2D eigenvalue weighted by atomic mass is 16.3. The highest BCUT2D eigenvalue weighted by Crippen LogP contribution is 1.82. The average Bonchev–Trinajstić information content (AvgIpc) is 2.08. The minimum Gasteiger partial charge on any atom is -0.377 e. The van der Waals surface area contributed by atoms with Crippen LogP contribution in [0.25, 0.3) is 0 Å². The predicted octanol–water partition coefficient (Wildman–Crippen LogP) is -2.24. The van der Waals surface area contributed by atoms with Crippen LogP contribution in [0.15, 0.2) is 0 Å². The predicted molar refractivity (Wildman–Crippen MR) is 64.3 cm³/mol. The van der Waals surface area contributed by atoms with E-state index in [1.54, 1.807) is 0 Å². The highest BCUT2D eigenvalue weighted by molar-refractivity contribution is 4.51. The second-order valence-corrected chi connectivity index (χ2v) is 3.73. The van der Waals surface area contributed by atoms with Gasteiger partial charge >= 0.3 is 0 Å². The van der Waals surface area contributed by atoms with Gasteiger partial charge in [0.15, 0.2) is 0 Å². The van der Waals surface area contributed by atoms with Gasteiger partial charge in [-0.3, -0.25) is 0 Å². The maximum atomic E-state index is 8.30. The van der Waals surface area contributed by atoms with Crippen molar-refractivity contribution in [2.45, 2.75) is 19.6 Å². The van der Waals surface area contributed by atoms with Gasteiger partial charge < -0.3 is 32.9 Å². The van der Waals surface area contributed by atoms with Crippen molar-refractivity contribution in [2.75, 3.05) is 39.3 Å². The zero-order valence-corrected chi connectivity index (χ0v) is 9.92. The van der Waals surface area contributed by atoms with Crippen LogP contribution < -0.4 is 27.8 Å². The molecule has 6 heteroatoms. The molecule has 0 bridgehead atoms. The molecule has 0 saturated carbocycles. The lowest BCUT2D eigenvalue weighted by atomic mass is 10.4. The van der Waals surface area contributed by atoms with Crippen molar-refractivity contribution in [3.8, 4) is 0 Å². The molecule has 0 amide bonds. The number of nitrogens with two attached hydrogens (primary N) is 3.